The van der Waals surface area contributed by atoms with E-state index in [0.29, 0.717) is 11.6 Å². The fraction of sp³-hybridized carbons (Fsp3) is 0. The van der Waals surface area contributed by atoms with Crippen LogP contribution in [0.2, 0.25) is 0 Å². The van der Waals surface area contributed by atoms with E-state index in [1.54, 1.807) is 6.20 Å². The van der Waals surface area contributed by atoms with Gasteiger partial charge in [-0.1, -0.05) is 0 Å². The molecule has 0 aliphatic rings. The van der Waals surface area contributed by atoms with Gasteiger partial charge < -0.3 is 11.1 Å². The number of aromatic nitrogens is 4. The van der Waals surface area contributed by atoms with Gasteiger partial charge in [-0.25, -0.2) is 4.98 Å². The van der Waals surface area contributed by atoms with Crippen LogP contribution in [0.3, 0.4) is 0 Å². The molecule has 2 heterocycles. The zero-order valence-corrected chi connectivity index (χ0v) is 7.64. The van der Waals surface area contributed by atoms with Gasteiger partial charge in [0, 0.05) is 12.4 Å². The number of nitrogens with zero attached hydrogens (tertiary/aromatic N) is 3. The molecule has 0 fully saturated rings. The molecule has 0 spiro atoms. The SMILES string of the molecule is NC(=O)c1cn[nH]c1Nc1cnccn1. The van der Waals surface area contributed by atoms with Crippen LogP contribution in [0.25, 0.3) is 0 Å². The molecule has 0 saturated heterocycles. The number of aromatic amines is 1. The third kappa shape index (κ3) is 1.90. The molecule has 0 saturated carbocycles. The maximum atomic E-state index is 11.0. The molecule has 0 unspecified atom stereocenters. The molecule has 0 aliphatic carbocycles. The Bertz CT molecular complexity index is 465. The first-order valence-corrected chi connectivity index (χ1v) is 4.13. The number of hydrogen-bond acceptors (Lipinski definition) is 5. The molecule has 7 heteroatoms. The second kappa shape index (κ2) is 3.74. The zero-order valence-electron chi connectivity index (χ0n) is 7.64. The Morgan fingerprint density at radius 1 is 1.40 bits per heavy atom. The number of H-pyrrole nitrogens is 1. The Morgan fingerprint density at radius 2 is 2.27 bits per heavy atom. The third-order valence-electron chi connectivity index (χ3n) is 1.72. The van der Waals surface area contributed by atoms with Crippen LogP contribution in [0.1, 0.15) is 10.4 Å². The lowest BCUT2D eigenvalue weighted by molar-refractivity contribution is 0.100. The van der Waals surface area contributed by atoms with Crippen LogP contribution >= 0.6 is 0 Å². The Hall–Kier alpha value is -2.44. The summed E-state index contributed by atoms with van der Waals surface area (Å²) < 4.78 is 0. The zero-order chi connectivity index (χ0) is 10.7. The number of carbonyl (C=O) groups is 1. The lowest BCUT2D eigenvalue weighted by Gasteiger charge is -2.02. The highest BCUT2D eigenvalue weighted by Crippen LogP contribution is 2.14. The molecular weight excluding hydrogens is 196 g/mol. The predicted molar refractivity (Wildman–Crippen MR) is 52.4 cm³/mol. The quantitative estimate of drug-likeness (QED) is 0.654. The van der Waals surface area contributed by atoms with E-state index in [4.69, 9.17) is 5.73 Å². The average molecular weight is 204 g/mol. The molecule has 0 aliphatic heterocycles. The smallest absolute Gasteiger partial charge is 0.254 e. The van der Waals surface area contributed by atoms with Crippen LogP contribution in [-0.2, 0) is 0 Å². The predicted octanol–water partition coefficient (Wildman–Crippen LogP) is 0.0422. The van der Waals surface area contributed by atoms with Crippen LogP contribution < -0.4 is 11.1 Å². The van der Waals surface area contributed by atoms with Crippen molar-refractivity contribution < 1.29 is 4.79 Å². The van der Waals surface area contributed by atoms with Gasteiger partial charge >= 0.3 is 0 Å². The van der Waals surface area contributed by atoms with Crippen molar-refractivity contribution in [3.05, 3.63) is 30.4 Å². The van der Waals surface area contributed by atoms with E-state index in [2.05, 4.69) is 25.5 Å². The van der Waals surface area contributed by atoms with Gasteiger partial charge in [-0.3, -0.25) is 14.9 Å². The highest BCUT2D eigenvalue weighted by atomic mass is 16.1. The van der Waals surface area contributed by atoms with Gasteiger partial charge in [0.05, 0.1) is 12.4 Å². The minimum Gasteiger partial charge on any atom is -0.365 e. The fourth-order valence-corrected chi connectivity index (χ4v) is 1.06. The van der Waals surface area contributed by atoms with Gasteiger partial charge in [-0.15, -0.1) is 0 Å². The molecule has 4 N–H and O–H groups in total. The number of amides is 1. The molecule has 76 valence electrons. The largest absolute Gasteiger partial charge is 0.365 e. The Kier molecular flexibility index (Phi) is 2.28. The van der Waals surface area contributed by atoms with Crippen molar-refractivity contribution in [2.24, 2.45) is 5.73 Å². The second-order valence-electron chi connectivity index (χ2n) is 2.74. The number of rotatable bonds is 3. The number of nitrogens with one attached hydrogen (secondary N) is 2. The first-order valence-electron chi connectivity index (χ1n) is 4.13. The summed E-state index contributed by atoms with van der Waals surface area (Å²) in [5.41, 5.74) is 5.42. The number of anilines is 2. The molecule has 0 bridgehead atoms. The van der Waals surface area contributed by atoms with Gasteiger partial charge in [-0.2, -0.15) is 5.10 Å². The van der Waals surface area contributed by atoms with Crippen molar-refractivity contribution in [2.75, 3.05) is 5.32 Å². The molecule has 2 rings (SSSR count). The van der Waals surface area contributed by atoms with E-state index in [-0.39, 0.29) is 5.56 Å². The summed E-state index contributed by atoms with van der Waals surface area (Å²) in [4.78, 5) is 18.8. The van der Waals surface area contributed by atoms with Gasteiger partial charge in [0.15, 0.2) is 0 Å². The minimum absolute atomic E-state index is 0.278. The van der Waals surface area contributed by atoms with Gasteiger partial charge in [0.25, 0.3) is 5.91 Å². The van der Waals surface area contributed by atoms with E-state index in [0.717, 1.165) is 0 Å². The summed E-state index contributed by atoms with van der Waals surface area (Å²) in [6.45, 7) is 0. The summed E-state index contributed by atoms with van der Waals surface area (Å²) in [5.74, 6) is 0.349. The summed E-state index contributed by atoms with van der Waals surface area (Å²) in [5, 5.41) is 9.15. The van der Waals surface area contributed by atoms with Gasteiger partial charge in [-0.05, 0) is 0 Å². The molecule has 7 nitrogen and oxygen atoms in total. The first-order chi connectivity index (χ1) is 7.27. The normalized spacial score (nSPS) is 9.87. The lowest BCUT2D eigenvalue weighted by atomic mass is 10.3. The molecule has 0 atom stereocenters. The molecular formula is C8H8N6O. The average Bonchev–Trinajstić information content (AvgIpc) is 2.67. The number of nitrogens with two attached hydrogens (primary N) is 1. The van der Waals surface area contributed by atoms with E-state index in [9.17, 15) is 4.79 Å². The molecule has 0 aromatic carbocycles. The van der Waals surface area contributed by atoms with Crippen molar-refractivity contribution in [3.8, 4) is 0 Å². The van der Waals surface area contributed by atoms with Crippen molar-refractivity contribution in [2.45, 2.75) is 0 Å². The summed E-state index contributed by atoms with van der Waals surface area (Å²) >= 11 is 0. The fourth-order valence-electron chi connectivity index (χ4n) is 1.06. The van der Waals surface area contributed by atoms with E-state index >= 15 is 0 Å². The summed E-state index contributed by atoms with van der Waals surface area (Å²) in [6, 6.07) is 0. The first kappa shape index (κ1) is 9.13. The molecule has 2 aromatic rings. The summed E-state index contributed by atoms with van der Waals surface area (Å²) in [6.07, 6.45) is 5.95. The number of carbonyl (C=O) groups excluding carboxylic acids is 1. The van der Waals surface area contributed by atoms with Crippen molar-refractivity contribution >= 4 is 17.5 Å². The monoisotopic (exact) mass is 204 g/mol. The molecule has 2 aromatic heterocycles. The standard InChI is InChI=1S/C8H8N6O/c9-7(15)5-3-12-14-8(5)13-6-4-10-1-2-11-6/h1-4H,(H2,9,15)(H2,11,12,13,14). The molecule has 1 amide bonds. The second-order valence-corrected chi connectivity index (χ2v) is 2.74. The van der Waals surface area contributed by atoms with Gasteiger partial charge in [0.2, 0.25) is 0 Å². The van der Waals surface area contributed by atoms with E-state index in [1.165, 1.54) is 18.6 Å². The van der Waals surface area contributed by atoms with Crippen molar-refractivity contribution in [3.63, 3.8) is 0 Å². The Balaban J connectivity index is 2.25. The molecule has 15 heavy (non-hydrogen) atoms. The van der Waals surface area contributed by atoms with Gasteiger partial charge in [0.1, 0.15) is 17.2 Å². The van der Waals surface area contributed by atoms with E-state index < -0.39 is 5.91 Å². The number of primary amides is 1. The lowest BCUT2D eigenvalue weighted by Crippen LogP contribution is -2.12. The maximum absolute atomic E-state index is 11.0. The molecule has 0 radical (unpaired) electrons. The number of hydrogen-bond donors (Lipinski definition) is 3. The van der Waals surface area contributed by atoms with Crippen molar-refractivity contribution in [1.29, 1.82) is 0 Å². The Morgan fingerprint density at radius 3 is 2.93 bits per heavy atom. The van der Waals surface area contributed by atoms with Crippen molar-refractivity contribution in [1.82, 2.24) is 20.2 Å². The minimum atomic E-state index is -0.560. The highest BCUT2D eigenvalue weighted by molar-refractivity contribution is 5.97. The highest BCUT2D eigenvalue weighted by Gasteiger charge is 2.10. The van der Waals surface area contributed by atoms with Crippen LogP contribution in [0.15, 0.2) is 24.8 Å². The van der Waals surface area contributed by atoms with Crippen LogP contribution in [0.4, 0.5) is 11.6 Å². The van der Waals surface area contributed by atoms with Crippen LogP contribution in [0, 0.1) is 0 Å². The van der Waals surface area contributed by atoms with Crippen LogP contribution in [0.5, 0.6) is 0 Å². The third-order valence-corrected chi connectivity index (χ3v) is 1.72. The maximum Gasteiger partial charge on any atom is 0.254 e. The van der Waals surface area contributed by atoms with E-state index in [1.807, 2.05) is 0 Å². The van der Waals surface area contributed by atoms with Crippen LogP contribution in [-0.4, -0.2) is 26.1 Å². The topological polar surface area (TPSA) is 110 Å². The summed E-state index contributed by atoms with van der Waals surface area (Å²) in [7, 11) is 0. The Labute approximate surface area is 84.7 Å².